The quantitative estimate of drug-likeness (QED) is 0.915. The third-order valence-corrected chi connectivity index (χ3v) is 2.87. The second-order valence-corrected chi connectivity index (χ2v) is 4.15. The smallest absolute Gasteiger partial charge is 0.235 e. The molecule has 102 valence electrons. The third kappa shape index (κ3) is 4.35. The van der Waals surface area contributed by atoms with Crippen molar-refractivity contribution >= 4 is 11.6 Å². The van der Waals surface area contributed by atoms with Crippen LogP contribution in [0.4, 0.5) is 0 Å². The van der Waals surface area contributed by atoms with E-state index in [1.54, 1.807) is 19.2 Å². The molecule has 5 heteroatoms. The second-order valence-electron chi connectivity index (χ2n) is 3.74. The highest BCUT2D eigenvalue weighted by Crippen LogP contribution is 2.25. The molecule has 1 saturated heterocycles. The molecule has 0 amide bonds. The molecule has 18 heavy (non-hydrogen) atoms. The molecule has 1 unspecified atom stereocenters. The fraction of sp³-hybridized carbons (Fsp3) is 0.615. The van der Waals surface area contributed by atoms with E-state index in [-0.39, 0.29) is 0 Å². The molecule has 1 aliphatic heterocycles. The Morgan fingerprint density at radius 3 is 2.83 bits per heavy atom. The van der Waals surface area contributed by atoms with Gasteiger partial charge in [0.15, 0.2) is 0 Å². The summed E-state index contributed by atoms with van der Waals surface area (Å²) >= 11 is 5.98. The van der Waals surface area contributed by atoms with Crippen molar-refractivity contribution in [1.29, 1.82) is 0 Å². The van der Waals surface area contributed by atoms with Crippen LogP contribution in [0.25, 0.3) is 0 Å². The Labute approximate surface area is 114 Å². The van der Waals surface area contributed by atoms with E-state index in [1.165, 1.54) is 6.42 Å². The van der Waals surface area contributed by atoms with Crippen LogP contribution < -0.4 is 14.8 Å². The average Bonchev–Trinajstić information content (AvgIpc) is 2.93. The summed E-state index contributed by atoms with van der Waals surface area (Å²) in [6.45, 7) is 5.66. The largest absolute Gasteiger partial charge is 0.481 e. The Bertz CT molecular complexity index is 355. The normalized spacial score (nSPS) is 17.9. The van der Waals surface area contributed by atoms with Crippen LogP contribution in [0.3, 0.4) is 0 Å². The predicted octanol–water partition coefficient (Wildman–Crippen LogP) is 2.90. The van der Waals surface area contributed by atoms with E-state index in [0.29, 0.717) is 29.4 Å². The molecule has 1 aliphatic rings. The van der Waals surface area contributed by atoms with Crippen molar-refractivity contribution in [2.45, 2.75) is 32.7 Å². The van der Waals surface area contributed by atoms with Crippen molar-refractivity contribution in [3.8, 4) is 11.8 Å². The molecule has 1 aromatic rings. The molecule has 1 N–H and O–H groups in total. The highest BCUT2D eigenvalue weighted by Gasteiger charge is 2.15. The van der Waals surface area contributed by atoms with Crippen molar-refractivity contribution < 1.29 is 9.47 Å². The number of halogens is 1. The van der Waals surface area contributed by atoms with E-state index in [1.807, 2.05) is 13.8 Å². The molecule has 0 spiro atoms. The van der Waals surface area contributed by atoms with E-state index >= 15 is 0 Å². The topological polar surface area (TPSA) is 43.4 Å². The van der Waals surface area contributed by atoms with Gasteiger partial charge >= 0.3 is 0 Å². The maximum absolute atomic E-state index is 5.98. The van der Waals surface area contributed by atoms with E-state index < -0.39 is 0 Å². The van der Waals surface area contributed by atoms with Gasteiger partial charge in [-0.3, -0.25) is 0 Å². The van der Waals surface area contributed by atoms with Crippen LogP contribution in [0, 0.1) is 0 Å². The number of aromatic nitrogens is 1. The SMILES string of the molecule is CC.COc1ccc(Cl)c(OCC2CCCN2)n1. The van der Waals surface area contributed by atoms with E-state index in [2.05, 4.69) is 10.3 Å². The van der Waals surface area contributed by atoms with Crippen molar-refractivity contribution in [3.63, 3.8) is 0 Å². The van der Waals surface area contributed by atoms with Crippen LogP contribution in [0.15, 0.2) is 12.1 Å². The number of nitrogens with zero attached hydrogens (tertiary/aromatic N) is 1. The summed E-state index contributed by atoms with van der Waals surface area (Å²) in [4.78, 5) is 4.15. The molecule has 1 fully saturated rings. The summed E-state index contributed by atoms with van der Waals surface area (Å²) < 4.78 is 10.6. The molecule has 1 aromatic heterocycles. The van der Waals surface area contributed by atoms with Crippen molar-refractivity contribution in [1.82, 2.24) is 10.3 Å². The zero-order valence-electron chi connectivity index (χ0n) is 11.2. The summed E-state index contributed by atoms with van der Waals surface area (Å²) in [5.41, 5.74) is 0. The molecule has 4 nitrogen and oxygen atoms in total. The first-order valence-corrected chi connectivity index (χ1v) is 6.74. The molecule has 1 atom stereocenters. The van der Waals surface area contributed by atoms with Gasteiger partial charge in [0.1, 0.15) is 11.6 Å². The summed E-state index contributed by atoms with van der Waals surface area (Å²) in [5, 5.41) is 3.86. The Hall–Kier alpha value is -1.00. The highest BCUT2D eigenvalue weighted by atomic mass is 35.5. The maximum Gasteiger partial charge on any atom is 0.235 e. The molecule has 2 rings (SSSR count). The fourth-order valence-electron chi connectivity index (χ4n) is 1.70. The van der Waals surface area contributed by atoms with Crippen LogP contribution in [-0.4, -0.2) is 31.3 Å². The Morgan fingerprint density at radius 2 is 2.22 bits per heavy atom. The fourth-order valence-corrected chi connectivity index (χ4v) is 1.86. The molecule has 0 aromatic carbocycles. The van der Waals surface area contributed by atoms with Crippen LogP contribution in [0.5, 0.6) is 11.8 Å². The van der Waals surface area contributed by atoms with E-state index in [9.17, 15) is 0 Å². The van der Waals surface area contributed by atoms with Crippen LogP contribution in [0.1, 0.15) is 26.7 Å². The van der Waals surface area contributed by atoms with Gasteiger partial charge in [0.25, 0.3) is 0 Å². The Morgan fingerprint density at radius 1 is 1.44 bits per heavy atom. The molecule has 0 radical (unpaired) electrons. The molecule has 2 heterocycles. The van der Waals surface area contributed by atoms with E-state index in [0.717, 1.165) is 13.0 Å². The number of rotatable bonds is 4. The van der Waals surface area contributed by atoms with Crippen LogP contribution >= 0.6 is 11.6 Å². The predicted molar refractivity (Wildman–Crippen MR) is 73.7 cm³/mol. The summed E-state index contributed by atoms with van der Waals surface area (Å²) in [6.07, 6.45) is 2.34. The first-order valence-electron chi connectivity index (χ1n) is 6.36. The van der Waals surface area contributed by atoms with Gasteiger partial charge < -0.3 is 14.8 Å². The minimum atomic E-state index is 0.407. The lowest BCUT2D eigenvalue weighted by Crippen LogP contribution is -2.28. The second kappa shape index (κ2) is 8.16. The highest BCUT2D eigenvalue weighted by molar-refractivity contribution is 6.31. The van der Waals surface area contributed by atoms with Gasteiger partial charge in [-0.1, -0.05) is 25.4 Å². The van der Waals surface area contributed by atoms with Gasteiger partial charge in [0.2, 0.25) is 11.8 Å². The number of hydrogen-bond acceptors (Lipinski definition) is 4. The van der Waals surface area contributed by atoms with Gasteiger partial charge in [-0.2, -0.15) is 4.98 Å². The Kier molecular flexibility index (Phi) is 6.83. The molecule has 0 saturated carbocycles. The van der Waals surface area contributed by atoms with E-state index in [4.69, 9.17) is 21.1 Å². The van der Waals surface area contributed by atoms with Gasteiger partial charge in [0, 0.05) is 12.1 Å². The molecule has 0 bridgehead atoms. The Balaban J connectivity index is 0.000000771. The molecule has 0 aliphatic carbocycles. The van der Waals surface area contributed by atoms with Gasteiger partial charge in [-0.05, 0) is 25.5 Å². The minimum absolute atomic E-state index is 0.407. The minimum Gasteiger partial charge on any atom is -0.481 e. The lowest BCUT2D eigenvalue weighted by Gasteiger charge is -2.12. The maximum atomic E-state index is 5.98. The first kappa shape index (κ1) is 15.1. The number of pyridine rings is 1. The lowest BCUT2D eigenvalue weighted by molar-refractivity contribution is 0.263. The van der Waals surface area contributed by atoms with Gasteiger partial charge in [-0.15, -0.1) is 0 Å². The summed E-state index contributed by atoms with van der Waals surface area (Å²) in [6, 6.07) is 3.84. The third-order valence-electron chi connectivity index (χ3n) is 2.58. The number of methoxy groups -OCH3 is 1. The van der Waals surface area contributed by atoms with Crippen molar-refractivity contribution in [3.05, 3.63) is 17.2 Å². The summed E-state index contributed by atoms with van der Waals surface area (Å²) in [5.74, 6) is 0.952. The zero-order chi connectivity index (χ0) is 13.4. The summed E-state index contributed by atoms with van der Waals surface area (Å²) in [7, 11) is 1.57. The average molecular weight is 273 g/mol. The van der Waals surface area contributed by atoms with Gasteiger partial charge in [-0.25, -0.2) is 0 Å². The zero-order valence-corrected chi connectivity index (χ0v) is 12.0. The molecular formula is C13H21ClN2O2. The number of ether oxygens (including phenoxy) is 2. The number of hydrogen-bond donors (Lipinski definition) is 1. The standard InChI is InChI=1S/C11H15ClN2O2.C2H6/c1-15-10-5-4-9(12)11(14-10)16-7-8-3-2-6-13-8;1-2/h4-5,8,13H,2-3,6-7H2,1H3;1-2H3. The molecular weight excluding hydrogens is 252 g/mol. The first-order chi connectivity index (χ1) is 8.79. The van der Waals surface area contributed by atoms with Gasteiger partial charge in [0.05, 0.1) is 7.11 Å². The lowest BCUT2D eigenvalue weighted by atomic mass is 10.2. The van der Waals surface area contributed by atoms with Crippen LogP contribution in [-0.2, 0) is 0 Å². The van der Waals surface area contributed by atoms with Crippen molar-refractivity contribution in [2.75, 3.05) is 20.3 Å². The monoisotopic (exact) mass is 272 g/mol. The van der Waals surface area contributed by atoms with Crippen molar-refractivity contribution in [2.24, 2.45) is 0 Å². The van der Waals surface area contributed by atoms with Crippen LogP contribution in [0.2, 0.25) is 5.02 Å². The number of nitrogens with one attached hydrogen (secondary N) is 1.